The van der Waals surface area contributed by atoms with Crippen molar-refractivity contribution in [2.24, 2.45) is 17.3 Å². The molecule has 1 unspecified atom stereocenters. The molecule has 0 N–H and O–H groups in total. The van der Waals surface area contributed by atoms with Crippen molar-refractivity contribution >= 4 is 6.29 Å². The zero-order valence-corrected chi connectivity index (χ0v) is 9.76. The van der Waals surface area contributed by atoms with Crippen molar-refractivity contribution in [3.05, 3.63) is 0 Å². The highest BCUT2D eigenvalue weighted by molar-refractivity contribution is 5.57. The van der Waals surface area contributed by atoms with E-state index in [4.69, 9.17) is 0 Å². The van der Waals surface area contributed by atoms with Gasteiger partial charge in [-0.2, -0.15) is 0 Å². The van der Waals surface area contributed by atoms with Crippen molar-refractivity contribution in [3.8, 4) is 0 Å². The van der Waals surface area contributed by atoms with Crippen LogP contribution in [-0.4, -0.2) is 6.29 Å². The Hall–Kier alpha value is -0.330. The molecule has 0 aliphatic rings. The molecular weight excluding hydrogens is 160 g/mol. The zero-order chi connectivity index (χ0) is 10.5. The Labute approximate surface area is 82.9 Å². The molecule has 13 heavy (non-hydrogen) atoms. The quantitative estimate of drug-likeness (QED) is 0.576. The third-order valence-corrected chi connectivity index (χ3v) is 2.47. The topological polar surface area (TPSA) is 17.1 Å². The number of aldehydes is 1. The first-order chi connectivity index (χ1) is 5.87. The first kappa shape index (κ1) is 12.7. The van der Waals surface area contributed by atoms with Crippen LogP contribution in [0.1, 0.15) is 53.9 Å². The second-order valence-corrected chi connectivity index (χ2v) is 5.38. The van der Waals surface area contributed by atoms with Crippen LogP contribution in [0.25, 0.3) is 0 Å². The van der Waals surface area contributed by atoms with Gasteiger partial charge < -0.3 is 4.79 Å². The van der Waals surface area contributed by atoms with E-state index in [0.717, 1.165) is 24.5 Å². The van der Waals surface area contributed by atoms with E-state index in [-0.39, 0.29) is 5.41 Å². The highest BCUT2D eigenvalue weighted by Gasteiger charge is 2.17. The molecule has 0 aromatic heterocycles. The molecule has 1 heteroatoms. The Morgan fingerprint density at radius 3 is 2.15 bits per heavy atom. The fourth-order valence-corrected chi connectivity index (χ4v) is 1.60. The molecule has 0 aliphatic carbocycles. The summed E-state index contributed by atoms with van der Waals surface area (Å²) < 4.78 is 0. The van der Waals surface area contributed by atoms with Crippen molar-refractivity contribution in [2.45, 2.75) is 53.9 Å². The summed E-state index contributed by atoms with van der Waals surface area (Å²) in [7, 11) is 0. The number of carbonyl (C=O) groups is 1. The van der Waals surface area contributed by atoms with Gasteiger partial charge in [-0.05, 0) is 31.1 Å². The lowest BCUT2D eigenvalue weighted by Gasteiger charge is -2.20. The second-order valence-electron chi connectivity index (χ2n) is 5.38. The smallest absolute Gasteiger partial charge is 0.125 e. The Morgan fingerprint density at radius 2 is 1.77 bits per heavy atom. The van der Waals surface area contributed by atoms with E-state index < -0.39 is 0 Å². The second kappa shape index (κ2) is 5.41. The lowest BCUT2D eigenvalue weighted by Crippen LogP contribution is -2.14. The van der Waals surface area contributed by atoms with Crippen LogP contribution in [0, 0.1) is 17.3 Å². The first-order valence-corrected chi connectivity index (χ1v) is 5.33. The van der Waals surface area contributed by atoms with E-state index in [0.29, 0.717) is 0 Å². The summed E-state index contributed by atoms with van der Waals surface area (Å²) >= 11 is 0. The maximum atomic E-state index is 10.7. The van der Waals surface area contributed by atoms with Gasteiger partial charge in [-0.15, -0.1) is 0 Å². The monoisotopic (exact) mass is 184 g/mol. The predicted molar refractivity (Wildman–Crippen MR) is 57.7 cm³/mol. The number of rotatable bonds is 6. The molecule has 0 aliphatic heterocycles. The van der Waals surface area contributed by atoms with Crippen molar-refractivity contribution in [2.75, 3.05) is 0 Å². The SMILES string of the molecule is CC(C)CC(C)CCC(C)(C)C=O. The van der Waals surface area contributed by atoms with Crippen molar-refractivity contribution < 1.29 is 4.79 Å². The standard InChI is InChI=1S/C12H24O/c1-10(2)8-11(3)6-7-12(4,5)9-13/h9-11H,6-8H2,1-5H3. The molecule has 0 aromatic rings. The fraction of sp³-hybridized carbons (Fsp3) is 0.917. The molecule has 0 amide bonds. The highest BCUT2D eigenvalue weighted by atomic mass is 16.1. The Bertz CT molecular complexity index is 147. The minimum Gasteiger partial charge on any atom is -0.303 e. The van der Waals surface area contributed by atoms with Gasteiger partial charge in [0.1, 0.15) is 6.29 Å². The molecule has 0 radical (unpaired) electrons. The van der Waals surface area contributed by atoms with Gasteiger partial charge in [-0.1, -0.05) is 34.6 Å². The van der Waals surface area contributed by atoms with E-state index >= 15 is 0 Å². The summed E-state index contributed by atoms with van der Waals surface area (Å²) in [5.41, 5.74) is -0.120. The minimum absolute atomic E-state index is 0.120. The van der Waals surface area contributed by atoms with Gasteiger partial charge in [-0.25, -0.2) is 0 Å². The van der Waals surface area contributed by atoms with Gasteiger partial charge in [0.25, 0.3) is 0 Å². The van der Waals surface area contributed by atoms with Crippen LogP contribution in [0.15, 0.2) is 0 Å². The molecule has 78 valence electrons. The van der Waals surface area contributed by atoms with E-state index in [1.165, 1.54) is 12.8 Å². The number of carbonyl (C=O) groups excluding carboxylic acids is 1. The average Bonchev–Trinajstić information content (AvgIpc) is 2.00. The lowest BCUT2D eigenvalue weighted by molar-refractivity contribution is -0.115. The van der Waals surface area contributed by atoms with E-state index in [9.17, 15) is 4.79 Å². The summed E-state index contributed by atoms with van der Waals surface area (Å²) in [5, 5.41) is 0. The van der Waals surface area contributed by atoms with Gasteiger partial charge >= 0.3 is 0 Å². The molecule has 0 rings (SSSR count). The Kier molecular flexibility index (Phi) is 5.27. The normalized spacial score (nSPS) is 14.6. The third kappa shape index (κ3) is 6.80. The highest BCUT2D eigenvalue weighted by Crippen LogP contribution is 2.24. The Balaban J connectivity index is 3.69. The molecule has 0 saturated carbocycles. The van der Waals surface area contributed by atoms with Crippen LogP contribution in [0.5, 0.6) is 0 Å². The molecule has 0 aromatic carbocycles. The van der Waals surface area contributed by atoms with Crippen molar-refractivity contribution in [1.29, 1.82) is 0 Å². The summed E-state index contributed by atoms with van der Waals surface area (Å²) in [4.78, 5) is 10.7. The van der Waals surface area contributed by atoms with E-state index in [1.807, 2.05) is 13.8 Å². The predicted octanol–water partition coefficient (Wildman–Crippen LogP) is 3.67. The molecule has 1 atom stereocenters. The molecule has 0 fully saturated rings. The van der Waals surface area contributed by atoms with Gasteiger partial charge in [0.05, 0.1) is 0 Å². The number of hydrogen-bond donors (Lipinski definition) is 0. The van der Waals surface area contributed by atoms with Crippen LogP contribution in [0.4, 0.5) is 0 Å². The maximum absolute atomic E-state index is 10.7. The van der Waals surface area contributed by atoms with E-state index in [2.05, 4.69) is 20.8 Å². The van der Waals surface area contributed by atoms with Crippen molar-refractivity contribution in [1.82, 2.24) is 0 Å². The molecule has 0 spiro atoms. The molecule has 0 heterocycles. The Morgan fingerprint density at radius 1 is 1.23 bits per heavy atom. The molecule has 1 nitrogen and oxygen atoms in total. The van der Waals surface area contributed by atoms with Gasteiger partial charge in [0.15, 0.2) is 0 Å². The molecule has 0 saturated heterocycles. The minimum atomic E-state index is -0.120. The average molecular weight is 184 g/mol. The molecule has 0 bridgehead atoms. The third-order valence-electron chi connectivity index (χ3n) is 2.47. The summed E-state index contributed by atoms with van der Waals surface area (Å²) in [5.74, 6) is 1.52. The van der Waals surface area contributed by atoms with E-state index in [1.54, 1.807) is 0 Å². The zero-order valence-electron chi connectivity index (χ0n) is 9.76. The van der Waals surface area contributed by atoms with Gasteiger partial charge in [0, 0.05) is 5.41 Å². The van der Waals surface area contributed by atoms with Crippen LogP contribution in [0.2, 0.25) is 0 Å². The van der Waals surface area contributed by atoms with Crippen molar-refractivity contribution in [3.63, 3.8) is 0 Å². The maximum Gasteiger partial charge on any atom is 0.125 e. The van der Waals surface area contributed by atoms with Gasteiger partial charge in [0.2, 0.25) is 0 Å². The first-order valence-electron chi connectivity index (χ1n) is 5.33. The van der Waals surface area contributed by atoms with Crippen LogP contribution >= 0.6 is 0 Å². The largest absolute Gasteiger partial charge is 0.303 e. The van der Waals surface area contributed by atoms with Crippen LogP contribution < -0.4 is 0 Å². The summed E-state index contributed by atoms with van der Waals surface area (Å²) in [6, 6.07) is 0. The summed E-state index contributed by atoms with van der Waals surface area (Å²) in [6.07, 6.45) is 4.54. The fourth-order valence-electron chi connectivity index (χ4n) is 1.60. The number of hydrogen-bond acceptors (Lipinski definition) is 1. The van der Waals surface area contributed by atoms with Crippen LogP contribution in [0.3, 0.4) is 0 Å². The van der Waals surface area contributed by atoms with Gasteiger partial charge in [-0.3, -0.25) is 0 Å². The molecular formula is C12H24O. The summed E-state index contributed by atoms with van der Waals surface area (Å²) in [6.45, 7) is 10.8. The van der Waals surface area contributed by atoms with Crippen LogP contribution in [-0.2, 0) is 4.79 Å². The lowest BCUT2D eigenvalue weighted by atomic mass is 9.84.